The van der Waals surface area contributed by atoms with Gasteiger partial charge in [-0.25, -0.2) is 9.97 Å². The predicted molar refractivity (Wildman–Crippen MR) is 119 cm³/mol. The molecule has 0 fully saturated rings. The maximum absolute atomic E-state index is 4.73. The molecule has 2 heterocycles. The van der Waals surface area contributed by atoms with Gasteiger partial charge in [0.25, 0.3) is 0 Å². The van der Waals surface area contributed by atoms with Crippen LogP contribution in [0.3, 0.4) is 0 Å². The third-order valence-electron chi connectivity index (χ3n) is 5.48. The topological polar surface area (TPSA) is 30.7 Å². The SMILES string of the molecule is c1ccc(-n2c3ccccc3c3ncnc(-c4ccc5ccccc5c4)c32)cc1. The van der Waals surface area contributed by atoms with Crippen molar-refractivity contribution in [2.24, 2.45) is 0 Å². The van der Waals surface area contributed by atoms with Crippen LogP contribution >= 0.6 is 0 Å². The highest BCUT2D eigenvalue weighted by Crippen LogP contribution is 2.36. The molecule has 3 nitrogen and oxygen atoms in total. The Balaban J connectivity index is 1.76. The zero-order chi connectivity index (χ0) is 19.2. The molecule has 0 saturated carbocycles. The van der Waals surface area contributed by atoms with E-state index in [0.717, 1.165) is 38.9 Å². The standard InChI is InChI=1S/C26H17N3/c1-2-10-21(11-3-1)29-23-13-7-6-12-22(23)25-26(29)24(27-17-28-25)20-15-14-18-8-4-5-9-19(18)16-20/h1-17H. The summed E-state index contributed by atoms with van der Waals surface area (Å²) in [5.74, 6) is 0. The van der Waals surface area contributed by atoms with Crippen molar-refractivity contribution in [1.82, 2.24) is 14.5 Å². The van der Waals surface area contributed by atoms with Crippen molar-refractivity contribution in [1.29, 1.82) is 0 Å². The van der Waals surface area contributed by atoms with Gasteiger partial charge in [-0.1, -0.05) is 72.8 Å². The molecule has 0 amide bonds. The summed E-state index contributed by atoms with van der Waals surface area (Å²) in [7, 11) is 0. The van der Waals surface area contributed by atoms with Gasteiger partial charge in [0.1, 0.15) is 11.8 Å². The fourth-order valence-corrected chi connectivity index (χ4v) is 4.17. The van der Waals surface area contributed by atoms with Gasteiger partial charge in [0.05, 0.1) is 16.7 Å². The number of rotatable bonds is 2. The molecule has 0 radical (unpaired) electrons. The first-order chi connectivity index (χ1) is 14.4. The molecule has 0 aliphatic heterocycles. The molecule has 3 heteroatoms. The van der Waals surface area contributed by atoms with Crippen molar-refractivity contribution in [2.45, 2.75) is 0 Å². The number of nitrogens with zero attached hydrogens (tertiary/aromatic N) is 3. The molecule has 0 atom stereocenters. The van der Waals surface area contributed by atoms with E-state index in [4.69, 9.17) is 4.98 Å². The van der Waals surface area contributed by atoms with Crippen LogP contribution in [0.1, 0.15) is 0 Å². The van der Waals surface area contributed by atoms with Gasteiger partial charge in [0, 0.05) is 16.6 Å². The van der Waals surface area contributed by atoms with E-state index in [1.165, 1.54) is 10.8 Å². The third kappa shape index (κ3) is 2.44. The van der Waals surface area contributed by atoms with Gasteiger partial charge in [-0.2, -0.15) is 0 Å². The van der Waals surface area contributed by atoms with Crippen molar-refractivity contribution in [3.8, 4) is 16.9 Å². The number of hydrogen-bond acceptors (Lipinski definition) is 2. The van der Waals surface area contributed by atoms with Crippen LogP contribution < -0.4 is 0 Å². The van der Waals surface area contributed by atoms with Crippen molar-refractivity contribution >= 4 is 32.7 Å². The molecule has 136 valence electrons. The van der Waals surface area contributed by atoms with Gasteiger partial charge in [0.2, 0.25) is 0 Å². The lowest BCUT2D eigenvalue weighted by Crippen LogP contribution is -1.97. The summed E-state index contributed by atoms with van der Waals surface area (Å²) in [6.45, 7) is 0. The second-order valence-electron chi connectivity index (χ2n) is 7.17. The Morgan fingerprint density at radius 3 is 2.28 bits per heavy atom. The van der Waals surface area contributed by atoms with E-state index in [2.05, 4.69) is 101 Å². The lowest BCUT2D eigenvalue weighted by molar-refractivity contribution is 1.15. The number of hydrogen-bond donors (Lipinski definition) is 0. The Bertz CT molecular complexity index is 1500. The van der Waals surface area contributed by atoms with Crippen molar-refractivity contribution in [3.63, 3.8) is 0 Å². The largest absolute Gasteiger partial charge is 0.306 e. The van der Waals surface area contributed by atoms with Crippen LogP contribution in [0.25, 0.3) is 49.7 Å². The molecule has 0 aliphatic carbocycles. The number of fused-ring (bicyclic) bond motifs is 4. The van der Waals surface area contributed by atoms with E-state index in [0.29, 0.717) is 0 Å². The highest BCUT2D eigenvalue weighted by molar-refractivity contribution is 6.11. The molecular weight excluding hydrogens is 354 g/mol. The Morgan fingerprint density at radius 1 is 0.621 bits per heavy atom. The van der Waals surface area contributed by atoms with Gasteiger partial charge >= 0.3 is 0 Å². The lowest BCUT2D eigenvalue weighted by atomic mass is 10.0. The zero-order valence-electron chi connectivity index (χ0n) is 15.7. The van der Waals surface area contributed by atoms with E-state index >= 15 is 0 Å². The molecule has 6 rings (SSSR count). The summed E-state index contributed by atoms with van der Waals surface area (Å²) < 4.78 is 2.27. The number of para-hydroxylation sites is 2. The predicted octanol–water partition coefficient (Wildman–Crippen LogP) is 6.39. The highest BCUT2D eigenvalue weighted by atomic mass is 15.0. The Kier molecular flexibility index (Phi) is 3.47. The van der Waals surface area contributed by atoms with Crippen molar-refractivity contribution in [3.05, 3.63) is 103 Å². The van der Waals surface area contributed by atoms with E-state index in [-0.39, 0.29) is 0 Å². The van der Waals surface area contributed by atoms with Crippen LogP contribution in [0.15, 0.2) is 103 Å². The summed E-state index contributed by atoms with van der Waals surface area (Å²) >= 11 is 0. The van der Waals surface area contributed by atoms with Gasteiger partial charge in [-0.3, -0.25) is 0 Å². The molecule has 4 aromatic carbocycles. The summed E-state index contributed by atoms with van der Waals surface area (Å²) in [5, 5.41) is 3.57. The summed E-state index contributed by atoms with van der Waals surface area (Å²) in [4.78, 5) is 9.41. The monoisotopic (exact) mass is 371 g/mol. The molecule has 0 saturated heterocycles. The molecule has 0 spiro atoms. The molecule has 6 aromatic rings. The first-order valence-electron chi connectivity index (χ1n) is 9.69. The molecule has 0 unspecified atom stereocenters. The van der Waals surface area contributed by atoms with Crippen LogP contribution in [-0.2, 0) is 0 Å². The average Bonchev–Trinajstić information content (AvgIpc) is 3.14. The Hall–Kier alpha value is -3.98. The second-order valence-corrected chi connectivity index (χ2v) is 7.17. The van der Waals surface area contributed by atoms with Gasteiger partial charge < -0.3 is 4.57 Å². The number of aromatic nitrogens is 3. The lowest BCUT2D eigenvalue weighted by Gasteiger charge is -2.11. The van der Waals surface area contributed by atoms with E-state index in [1.807, 2.05) is 6.07 Å². The van der Waals surface area contributed by atoms with E-state index in [9.17, 15) is 0 Å². The molecule has 29 heavy (non-hydrogen) atoms. The van der Waals surface area contributed by atoms with Gasteiger partial charge in [0.15, 0.2) is 0 Å². The normalized spacial score (nSPS) is 11.4. The fourth-order valence-electron chi connectivity index (χ4n) is 4.17. The second kappa shape index (κ2) is 6.28. The number of benzene rings is 4. The van der Waals surface area contributed by atoms with Gasteiger partial charge in [-0.15, -0.1) is 0 Å². The van der Waals surface area contributed by atoms with E-state index < -0.39 is 0 Å². The maximum atomic E-state index is 4.73. The summed E-state index contributed by atoms with van der Waals surface area (Å²) in [6, 6.07) is 33.8. The molecule has 0 aliphatic rings. The van der Waals surface area contributed by atoms with Gasteiger partial charge in [-0.05, 0) is 35.0 Å². The van der Waals surface area contributed by atoms with Crippen LogP contribution in [0, 0.1) is 0 Å². The fraction of sp³-hybridized carbons (Fsp3) is 0. The smallest absolute Gasteiger partial charge is 0.116 e. The highest BCUT2D eigenvalue weighted by Gasteiger charge is 2.18. The molecule has 2 aromatic heterocycles. The van der Waals surface area contributed by atoms with Crippen LogP contribution in [0.4, 0.5) is 0 Å². The van der Waals surface area contributed by atoms with Crippen LogP contribution in [0.5, 0.6) is 0 Å². The first kappa shape index (κ1) is 16.0. The minimum atomic E-state index is 0.945. The first-order valence-corrected chi connectivity index (χ1v) is 9.69. The average molecular weight is 371 g/mol. The summed E-state index contributed by atoms with van der Waals surface area (Å²) in [6.07, 6.45) is 1.68. The Labute approximate surface area is 167 Å². The molecular formula is C26H17N3. The molecule has 0 N–H and O–H groups in total. The minimum Gasteiger partial charge on any atom is -0.306 e. The van der Waals surface area contributed by atoms with Crippen LogP contribution in [0.2, 0.25) is 0 Å². The zero-order valence-corrected chi connectivity index (χ0v) is 15.7. The Morgan fingerprint density at radius 2 is 1.38 bits per heavy atom. The van der Waals surface area contributed by atoms with Crippen LogP contribution in [-0.4, -0.2) is 14.5 Å². The quantitative estimate of drug-likeness (QED) is 0.353. The van der Waals surface area contributed by atoms with E-state index in [1.54, 1.807) is 6.33 Å². The molecule has 0 bridgehead atoms. The third-order valence-corrected chi connectivity index (χ3v) is 5.48. The van der Waals surface area contributed by atoms with Crippen molar-refractivity contribution in [2.75, 3.05) is 0 Å². The maximum Gasteiger partial charge on any atom is 0.116 e. The minimum absolute atomic E-state index is 0.945. The van der Waals surface area contributed by atoms with Crippen molar-refractivity contribution < 1.29 is 0 Å². The summed E-state index contributed by atoms with van der Waals surface area (Å²) in [5.41, 5.74) is 6.29.